The van der Waals surface area contributed by atoms with Crippen molar-refractivity contribution in [3.05, 3.63) is 28.3 Å². The Balaban J connectivity index is 2.06. The topological polar surface area (TPSA) is 122 Å². The average molecular weight is 344 g/mol. The lowest BCUT2D eigenvalue weighted by molar-refractivity contribution is -0.386. The molecule has 1 aromatic rings. The molecule has 2 rings (SSSR count). The van der Waals surface area contributed by atoms with Gasteiger partial charge in [0.2, 0.25) is 10.0 Å². The molecule has 0 spiro atoms. The first-order valence-corrected chi connectivity index (χ1v) is 8.82. The van der Waals surface area contributed by atoms with Crippen molar-refractivity contribution in [2.75, 3.05) is 13.7 Å². The molecule has 2 N–H and O–H groups in total. The zero-order valence-corrected chi connectivity index (χ0v) is 13.6. The number of nitro groups is 1. The Morgan fingerprint density at radius 2 is 1.96 bits per heavy atom. The molecule has 0 atom stereocenters. The summed E-state index contributed by atoms with van der Waals surface area (Å²) in [5.74, 6) is 0.357. The summed E-state index contributed by atoms with van der Waals surface area (Å²) in [7, 11) is -2.30. The standard InChI is InChI=1S/C14H20N2O6S/c1-21-11-4-2-10(3-5-11)9-22-14-7-6-12(23(15,19)20)8-13(14)16(17)18/h6-8,10-11H,2-5,9H2,1H3,(H2,15,19,20)/t10-,11-. The highest BCUT2D eigenvalue weighted by atomic mass is 32.2. The van der Waals surface area contributed by atoms with Gasteiger partial charge in [0, 0.05) is 13.2 Å². The predicted octanol–water partition coefficient (Wildman–Crippen LogP) is 1.83. The molecule has 0 saturated heterocycles. The van der Waals surface area contributed by atoms with Crippen molar-refractivity contribution in [1.29, 1.82) is 0 Å². The molecule has 1 aliphatic carbocycles. The van der Waals surface area contributed by atoms with Gasteiger partial charge in [0.15, 0.2) is 5.75 Å². The van der Waals surface area contributed by atoms with Gasteiger partial charge in [0.05, 0.1) is 22.5 Å². The van der Waals surface area contributed by atoms with Crippen molar-refractivity contribution in [3.8, 4) is 5.75 Å². The van der Waals surface area contributed by atoms with Gasteiger partial charge < -0.3 is 9.47 Å². The lowest BCUT2D eigenvalue weighted by atomic mass is 9.88. The largest absolute Gasteiger partial charge is 0.487 e. The SMILES string of the molecule is CO[C@H]1CC[C@H](COc2ccc(S(N)(=O)=O)cc2[N+](=O)[O-])CC1. The number of nitrogens with two attached hydrogens (primary N) is 1. The van der Waals surface area contributed by atoms with Gasteiger partial charge in [-0.1, -0.05) is 0 Å². The number of nitrogens with zero attached hydrogens (tertiary/aromatic N) is 1. The van der Waals surface area contributed by atoms with E-state index in [1.165, 1.54) is 12.1 Å². The summed E-state index contributed by atoms with van der Waals surface area (Å²) >= 11 is 0. The quantitative estimate of drug-likeness (QED) is 0.620. The molecule has 0 radical (unpaired) electrons. The Bertz CT molecular complexity index is 668. The van der Waals surface area contributed by atoms with Crippen molar-refractivity contribution in [2.24, 2.45) is 11.1 Å². The van der Waals surface area contributed by atoms with Gasteiger partial charge in [0.1, 0.15) is 0 Å². The third kappa shape index (κ3) is 4.63. The van der Waals surface area contributed by atoms with E-state index >= 15 is 0 Å². The minimum Gasteiger partial charge on any atom is -0.487 e. The van der Waals surface area contributed by atoms with Crippen LogP contribution < -0.4 is 9.88 Å². The minimum atomic E-state index is -3.99. The Hall–Kier alpha value is -1.71. The van der Waals surface area contributed by atoms with Crippen LogP contribution in [0.15, 0.2) is 23.1 Å². The minimum absolute atomic E-state index is 0.0521. The van der Waals surface area contributed by atoms with Gasteiger partial charge in [-0.15, -0.1) is 0 Å². The van der Waals surface area contributed by atoms with Gasteiger partial charge in [-0.05, 0) is 43.7 Å². The Labute approximate surface area is 134 Å². The van der Waals surface area contributed by atoms with Crippen molar-refractivity contribution in [2.45, 2.75) is 36.7 Å². The third-order valence-corrected chi connectivity index (χ3v) is 4.97. The van der Waals surface area contributed by atoms with E-state index in [-0.39, 0.29) is 16.7 Å². The molecule has 0 aliphatic heterocycles. The number of sulfonamides is 1. The summed E-state index contributed by atoms with van der Waals surface area (Å²) in [5.41, 5.74) is -0.401. The normalized spacial score (nSPS) is 21.8. The molecule has 0 aromatic heterocycles. The van der Waals surface area contributed by atoms with Crippen LogP contribution in [0.2, 0.25) is 0 Å². The average Bonchev–Trinajstić information content (AvgIpc) is 2.52. The number of primary sulfonamides is 1. The smallest absolute Gasteiger partial charge is 0.312 e. The summed E-state index contributed by atoms with van der Waals surface area (Å²) in [6.07, 6.45) is 4.02. The number of benzene rings is 1. The highest BCUT2D eigenvalue weighted by Crippen LogP contribution is 2.31. The lowest BCUT2D eigenvalue weighted by Crippen LogP contribution is -2.24. The van der Waals surface area contributed by atoms with Crippen LogP contribution in [-0.2, 0) is 14.8 Å². The summed E-state index contributed by atoms with van der Waals surface area (Å²) in [4.78, 5) is 10.1. The van der Waals surface area contributed by atoms with Crippen molar-refractivity contribution < 1.29 is 22.8 Å². The maximum atomic E-state index is 11.3. The summed E-state index contributed by atoms with van der Waals surface area (Å²) in [5, 5.41) is 16.1. The van der Waals surface area contributed by atoms with Gasteiger partial charge in [-0.2, -0.15) is 0 Å². The second kappa shape index (κ2) is 7.24. The van der Waals surface area contributed by atoms with Crippen LogP contribution in [0, 0.1) is 16.0 Å². The highest BCUT2D eigenvalue weighted by molar-refractivity contribution is 7.89. The molecule has 0 heterocycles. The van der Waals surface area contributed by atoms with Gasteiger partial charge >= 0.3 is 5.69 Å². The lowest BCUT2D eigenvalue weighted by Gasteiger charge is -2.27. The van der Waals surface area contributed by atoms with E-state index in [4.69, 9.17) is 14.6 Å². The molecular formula is C14H20N2O6S. The van der Waals surface area contributed by atoms with Crippen LogP contribution in [0.3, 0.4) is 0 Å². The van der Waals surface area contributed by atoms with Gasteiger partial charge in [-0.25, -0.2) is 13.6 Å². The van der Waals surface area contributed by atoms with E-state index in [0.29, 0.717) is 12.5 Å². The van der Waals surface area contributed by atoms with Crippen LogP contribution in [0.4, 0.5) is 5.69 Å². The zero-order valence-electron chi connectivity index (χ0n) is 12.8. The maximum Gasteiger partial charge on any atom is 0.312 e. The second-order valence-electron chi connectivity index (χ2n) is 5.62. The number of nitro benzene ring substituents is 1. The fourth-order valence-electron chi connectivity index (χ4n) is 2.68. The van der Waals surface area contributed by atoms with Crippen LogP contribution in [0.25, 0.3) is 0 Å². The Morgan fingerprint density at radius 1 is 1.30 bits per heavy atom. The molecule has 8 nitrogen and oxygen atoms in total. The first-order valence-electron chi connectivity index (χ1n) is 7.28. The van der Waals surface area contributed by atoms with Crippen LogP contribution >= 0.6 is 0 Å². The van der Waals surface area contributed by atoms with Crippen LogP contribution in [-0.4, -0.2) is 33.2 Å². The number of hydrogen-bond donors (Lipinski definition) is 1. The van der Waals surface area contributed by atoms with E-state index in [1.54, 1.807) is 7.11 Å². The molecule has 1 aliphatic rings. The zero-order chi connectivity index (χ0) is 17.0. The molecule has 0 unspecified atom stereocenters. The molecule has 128 valence electrons. The monoisotopic (exact) mass is 344 g/mol. The van der Waals surface area contributed by atoms with Gasteiger partial charge in [0.25, 0.3) is 0 Å². The number of hydrogen-bond acceptors (Lipinski definition) is 6. The van der Waals surface area contributed by atoms with E-state index in [1.807, 2.05) is 0 Å². The molecule has 1 fully saturated rings. The third-order valence-electron chi connectivity index (χ3n) is 4.06. The van der Waals surface area contributed by atoms with E-state index in [9.17, 15) is 18.5 Å². The van der Waals surface area contributed by atoms with Crippen molar-refractivity contribution in [3.63, 3.8) is 0 Å². The molecule has 0 amide bonds. The maximum absolute atomic E-state index is 11.3. The van der Waals surface area contributed by atoms with Crippen LogP contribution in [0.1, 0.15) is 25.7 Å². The number of rotatable bonds is 6. The van der Waals surface area contributed by atoms with E-state index in [0.717, 1.165) is 31.7 Å². The first kappa shape index (κ1) is 17.6. The summed E-state index contributed by atoms with van der Waals surface area (Å²) in [6, 6.07) is 3.41. The predicted molar refractivity (Wildman–Crippen MR) is 82.7 cm³/mol. The summed E-state index contributed by atoms with van der Waals surface area (Å²) < 4.78 is 33.4. The van der Waals surface area contributed by atoms with Crippen molar-refractivity contribution >= 4 is 15.7 Å². The van der Waals surface area contributed by atoms with Gasteiger partial charge in [-0.3, -0.25) is 10.1 Å². The number of methoxy groups -OCH3 is 1. The molecule has 9 heteroatoms. The molecule has 0 bridgehead atoms. The van der Waals surface area contributed by atoms with E-state index in [2.05, 4.69) is 0 Å². The van der Waals surface area contributed by atoms with Crippen molar-refractivity contribution in [1.82, 2.24) is 0 Å². The molecule has 1 aromatic carbocycles. The Morgan fingerprint density at radius 3 is 2.48 bits per heavy atom. The van der Waals surface area contributed by atoms with E-state index < -0.39 is 20.6 Å². The summed E-state index contributed by atoms with van der Waals surface area (Å²) in [6.45, 7) is 0.353. The Kier molecular flexibility index (Phi) is 5.55. The first-order chi connectivity index (χ1) is 10.8. The number of ether oxygens (including phenoxy) is 2. The molecule has 23 heavy (non-hydrogen) atoms. The highest BCUT2D eigenvalue weighted by Gasteiger charge is 2.24. The fourth-order valence-corrected chi connectivity index (χ4v) is 3.21. The molecular weight excluding hydrogens is 324 g/mol. The second-order valence-corrected chi connectivity index (χ2v) is 7.18. The fraction of sp³-hybridized carbons (Fsp3) is 0.571. The molecule has 1 saturated carbocycles. The van der Waals surface area contributed by atoms with Crippen LogP contribution in [0.5, 0.6) is 5.75 Å².